The topological polar surface area (TPSA) is 57.6 Å². The standard InChI is InChI=1S/C11H11NO3S/c13-10(8-2-1-3-16-8)12-5-6-4-7(6)9(12)11(14)15/h1-3,6-7,9H,4-5H2,(H,14,15)/t6-,7+,9-/m0/s1. The van der Waals surface area contributed by atoms with Crippen LogP contribution in [0.25, 0.3) is 0 Å². The van der Waals surface area contributed by atoms with Crippen molar-refractivity contribution in [3.63, 3.8) is 0 Å². The zero-order valence-electron chi connectivity index (χ0n) is 8.50. The van der Waals surface area contributed by atoms with Gasteiger partial charge in [-0.15, -0.1) is 11.3 Å². The Balaban J connectivity index is 1.85. The third-order valence-corrected chi connectivity index (χ3v) is 4.25. The zero-order chi connectivity index (χ0) is 11.3. The number of hydrogen-bond donors (Lipinski definition) is 1. The number of carboxylic acid groups (broad SMARTS) is 1. The van der Waals surface area contributed by atoms with Crippen molar-refractivity contribution < 1.29 is 14.7 Å². The summed E-state index contributed by atoms with van der Waals surface area (Å²) in [6, 6.07) is 2.96. The van der Waals surface area contributed by atoms with Crippen molar-refractivity contribution in [2.24, 2.45) is 11.8 Å². The molecule has 1 aliphatic carbocycles. The van der Waals surface area contributed by atoms with Crippen molar-refractivity contribution in [1.82, 2.24) is 4.90 Å². The van der Waals surface area contributed by atoms with Gasteiger partial charge >= 0.3 is 5.97 Å². The Kier molecular flexibility index (Phi) is 2.04. The van der Waals surface area contributed by atoms with Crippen molar-refractivity contribution >= 4 is 23.2 Å². The molecule has 2 fully saturated rings. The highest BCUT2D eigenvalue weighted by molar-refractivity contribution is 7.12. The third kappa shape index (κ3) is 1.35. The van der Waals surface area contributed by atoms with Crippen LogP contribution < -0.4 is 0 Å². The molecule has 3 rings (SSSR count). The van der Waals surface area contributed by atoms with E-state index < -0.39 is 12.0 Å². The molecule has 0 bridgehead atoms. The summed E-state index contributed by atoms with van der Waals surface area (Å²) in [6.45, 7) is 0.609. The second-order valence-corrected chi connectivity index (χ2v) is 5.33. The zero-order valence-corrected chi connectivity index (χ0v) is 9.31. The molecular formula is C11H11NO3S. The molecule has 84 valence electrons. The largest absolute Gasteiger partial charge is 0.480 e. The maximum atomic E-state index is 12.1. The lowest BCUT2D eigenvalue weighted by atomic mass is 10.2. The quantitative estimate of drug-likeness (QED) is 0.843. The molecule has 16 heavy (non-hydrogen) atoms. The number of nitrogens with zero attached hydrogens (tertiary/aromatic N) is 1. The lowest BCUT2D eigenvalue weighted by Crippen LogP contribution is -2.43. The number of piperidine rings is 1. The summed E-state index contributed by atoms with van der Waals surface area (Å²) in [5.41, 5.74) is 0. The average Bonchev–Trinajstić information content (AvgIpc) is 2.72. The molecule has 0 unspecified atom stereocenters. The monoisotopic (exact) mass is 237 g/mol. The van der Waals surface area contributed by atoms with Gasteiger partial charge in [-0.2, -0.15) is 0 Å². The minimum absolute atomic E-state index is 0.130. The molecule has 2 aliphatic rings. The van der Waals surface area contributed by atoms with Crippen LogP contribution in [0.5, 0.6) is 0 Å². The van der Waals surface area contributed by atoms with Gasteiger partial charge < -0.3 is 10.0 Å². The van der Waals surface area contributed by atoms with Crippen molar-refractivity contribution in [2.75, 3.05) is 6.54 Å². The SMILES string of the molecule is O=C(O)[C@@H]1[C@@H]2C[C@H]2CN1C(=O)c1cccs1. The van der Waals surface area contributed by atoms with Gasteiger partial charge in [-0.25, -0.2) is 4.79 Å². The second-order valence-electron chi connectivity index (χ2n) is 4.38. The molecule has 2 heterocycles. The van der Waals surface area contributed by atoms with E-state index in [1.54, 1.807) is 6.07 Å². The lowest BCUT2D eigenvalue weighted by molar-refractivity contribution is -0.142. The second kappa shape index (κ2) is 3.31. The summed E-state index contributed by atoms with van der Waals surface area (Å²) in [4.78, 5) is 25.3. The van der Waals surface area contributed by atoms with Crippen LogP contribution in [0.2, 0.25) is 0 Å². The van der Waals surface area contributed by atoms with Crippen molar-refractivity contribution in [3.8, 4) is 0 Å². The maximum Gasteiger partial charge on any atom is 0.326 e. The first-order chi connectivity index (χ1) is 7.68. The minimum atomic E-state index is -0.866. The number of rotatable bonds is 2. The fraction of sp³-hybridized carbons (Fsp3) is 0.455. The summed E-state index contributed by atoms with van der Waals surface area (Å²) in [7, 11) is 0. The number of thiophene rings is 1. The highest BCUT2D eigenvalue weighted by atomic mass is 32.1. The Bertz CT molecular complexity index is 442. The molecule has 4 nitrogen and oxygen atoms in total. The van der Waals surface area contributed by atoms with Crippen LogP contribution in [0.3, 0.4) is 0 Å². The highest BCUT2D eigenvalue weighted by Gasteiger charge is 2.57. The van der Waals surface area contributed by atoms with Crippen molar-refractivity contribution in [2.45, 2.75) is 12.5 Å². The van der Waals surface area contributed by atoms with E-state index in [0.717, 1.165) is 6.42 Å². The molecule has 0 aromatic carbocycles. The number of carbonyl (C=O) groups is 2. The Hall–Kier alpha value is -1.36. The van der Waals surface area contributed by atoms with Crippen LogP contribution in [0, 0.1) is 11.8 Å². The highest BCUT2D eigenvalue weighted by Crippen LogP contribution is 2.50. The van der Waals surface area contributed by atoms with Crippen LogP contribution in [-0.2, 0) is 4.79 Å². The van der Waals surface area contributed by atoms with Gasteiger partial charge in [-0.3, -0.25) is 4.79 Å². The molecule has 1 aliphatic heterocycles. The van der Waals surface area contributed by atoms with Crippen LogP contribution in [0.4, 0.5) is 0 Å². The Morgan fingerprint density at radius 3 is 2.94 bits per heavy atom. The van der Waals surface area contributed by atoms with E-state index in [9.17, 15) is 9.59 Å². The summed E-state index contributed by atoms with van der Waals surface area (Å²) in [5, 5.41) is 11.0. The number of carboxylic acids is 1. The third-order valence-electron chi connectivity index (χ3n) is 3.40. The first-order valence-electron chi connectivity index (χ1n) is 5.26. The van der Waals surface area contributed by atoms with Gasteiger partial charge in [0.1, 0.15) is 6.04 Å². The van der Waals surface area contributed by atoms with Crippen LogP contribution >= 0.6 is 11.3 Å². The van der Waals surface area contributed by atoms with Crippen molar-refractivity contribution in [3.05, 3.63) is 22.4 Å². The number of carbonyl (C=O) groups excluding carboxylic acids is 1. The van der Waals surface area contributed by atoms with E-state index in [-0.39, 0.29) is 11.8 Å². The van der Waals surface area contributed by atoms with E-state index in [0.29, 0.717) is 17.3 Å². The number of likely N-dealkylation sites (tertiary alicyclic amines) is 1. The first-order valence-corrected chi connectivity index (χ1v) is 6.13. The molecule has 5 heteroatoms. The Morgan fingerprint density at radius 1 is 1.50 bits per heavy atom. The Morgan fingerprint density at radius 2 is 2.31 bits per heavy atom. The number of fused-ring (bicyclic) bond motifs is 1. The van der Waals surface area contributed by atoms with Crippen molar-refractivity contribution in [1.29, 1.82) is 0 Å². The number of amides is 1. The van der Waals surface area contributed by atoms with Gasteiger partial charge in [0.05, 0.1) is 4.88 Å². The van der Waals surface area contributed by atoms with Crippen LogP contribution in [-0.4, -0.2) is 34.5 Å². The van der Waals surface area contributed by atoms with Gasteiger partial charge in [-0.1, -0.05) is 6.07 Å². The molecule has 1 aromatic rings. The number of aliphatic carboxylic acids is 1. The van der Waals surface area contributed by atoms with E-state index in [4.69, 9.17) is 5.11 Å². The molecule has 0 spiro atoms. The van der Waals surface area contributed by atoms with E-state index in [2.05, 4.69) is 0 Å². The molecule has 3 atom stereocenters. The lowest BCUT2D eigenvalue weighted by Gasteiger charge is -2.23. The van der Waals surface area contributed by atoms with Gasteiger partial charge in [-0.05, 0) is 29.7 Å². The maximum absolute atomic E-state index is 12.1. The molecule has 1 saturated heterocycles. The normalized spacial score (nSPS) is 31.2. The van der Waals surface area contributed by atoms with Gasteiger partial charge in [0.15, 0.2) is 0 Å². The molecule has 1 aromatic heterocycles. The number of hydrogen-bond acceptors (Lipinski definition) is 3. The predicted octanol–water partition coefficient (Wildman–Crippen LogP) is 1.29. The summed E-state index contributed by atoms with van der Waals surface area (Å²) >= 11 is 1.36. The summed E-state index contributed by atoms with van der Waals surface area (Å²) < 4.78 is 0. The van der Waals surface area contributed by atoms with Crippen LogP contribution in [0.15, 0.2) is 17.5 Å². The van der Waals surface area contributed by atoms with Gasteiger partial charge in [0, 0.05) is 6.54 Å². The Labute approximate surface area is 96.5 Å². The van der Waals surface area contributed by atoms with E-state index >= 15 is 0 Å². The molecule has 1 N–H and O–H groups in total. The van der Waals surface area contributed by atoms with Crippen LogP contribution in [0.1, 0.15) is 16.1 Å². The van der Waals surface area contributed by atoms with E-state index in [1.807, 2.05) is 11.4 Å². The molecule has 1 amide bonds. The average molecular weight is 237 g/mol. The smallest absolute Gasteiger partial charge is 0.326 e. The fourth-order valence-electron chi connectivity index (χ4n) is 2.53. The predicted molar refractivity (Wildman–Crippen MR) is 58.4 cm³/mol. The first kappa shape index (κ1) is 9.84. The fourth-order valence-corrected chi connectivity index (χ4v) is 3.21. The van der Waals surface area contributed by atoms with E-state index in [1.165, 1.54) is 16.2 Å². The minimum Gasteiger partial charge on any atom is -0.480 e. The van der Waals surface area contributed by atoms with Gasteiger partial charge in [0.2, 0.25) is 0 Å². The summed E-state index contributed by atoms with van der Waals surface area (Å²) in [5.74, 6) is -0.379. The summed E-state index contributed by atoms with van der Waals surface area (Å²) in [6.07, 6.45) is 0.963. The molecule has 0 radical (unpaired) electrons. The van der Waals surface area contributed by atoms with Gasteiger partial charge in [0.25, 0.3) is 5.91 Å². The molecular weight excluding hydrogens is 226 g/mol. The molecule has 1 saturated carbocycles.